The molecule has 0 saturated heterocycles. The molecule has 2 heterocycles. The molecule has 1 amide bonds. The Hall–Kier alpha value is -4.19. The molecule has 9 heteroatoms. The Kier molecular flexibility index (Phi) is 5.51. The molecule has 0 radical (unpaired) electrons. The third kappa shape index (κ3) is 3.98. The second-order valence-corrected chi connectivity index (χ2v) is 6.84. The molecule has 2 aromatic heterocycles. The van der Waals surface area contributed by atoms with E-state index in [1.165, 1.54) is 18.2 Å². The van der Waals surface area contributed by atoms with Crippen molar-refractivity contribution in [3.05, 3.63) is 74.3 Å². The molecule has 0 unspecified atom stereocenters. The van der Waals surface area contributed by atoms with Crippen LogP contribution in [-0.2, 0) is 4.79 Å². The lowest BCUT2D eigenvalue weighted by atomic mass is 10.1. The first-order valence-electron chi connectivity index (χ1n) is 9.02. The third-order valence-electron chi connectivity index (χ3n) is 4.65. The molecule has 0 spiro atoms. The molecule has 0 aliphatic rings. The summed E-state index contributed by atoms with van der Waals surface area (Å²) in [4.78, 5) is 23.2. The Morgan fingerprint density at radius 2 is 2.00 bits per heavy atom. The van der Waals surface area contributed by atoms with Gasteiger partial charge in [0.05, 0.1) is 10.6 Å². The number of carbonyl (C=O) groups is 1. The highest BCUT2D eigenvalue weighted by Gasteiger charge is 2.17. The van der Waals surface area contributed by atoms with Crippen LogP contribution in [0.15, 0.2) is 40.4 Å². The largest absolute Gasteiger partial charge is 0.360 e. The molecule has 0 fully saturated rings. The van der Waals surface area contributed by atoms with Gasteiger partial charge in [-0.25, -0.2) is 0 Å². The molecule has 30 heavy (non-hydrogen) atoms. The van der Waals surface area contributed by atoms with Gasteiger partial charge in [-0.3, -0.25) is 14.9 Å². The van der Waals surface area contributed by atoms with Crippen LogP contribution in [0.25, 0.3) is 11.8 Å². The van der Waals surface area contributed by atoms with Crippen molar-refractivity contribution in [1.82, 2.24) is 9.72 Å². The molecule has 152 valence electrons. The average molecular weight is 405 g/mol. The zero-order chi connectivity index (χ0) is 22.0. The number of nitro groups is 1. The van der Waals surface area contributed by atoms with Gasteiger partial charge < -0.3 is 14.4 Å². The van der Waals surface area contributed by atoms with Gasteiger partial charge in [-0.15, -0.1) is 0 Å². The highest BCUT2D eigenvalue weighted by molar-refractivity contribution is 6.09. The molecular weight excluding hydrogens is 386 g/mol. The minimum atomic E-state index is -0.609. The molecule has 0 atom stereocenters. The monoisotopic (exact) mass is 405 g/mol. The van der Waals surface area contributed by atoms with Gasteiger partial charge in [0.25, 0.3) is 11.6 Å². The minimum Gasteiger partial charge on any atom is -0.360 e. The predicted octanol–water partition coefficient (Wildman–Crippen LogP) is 4.15. The minimum absolute atomic E-state index is 0.0137. The summed E-state index contributed by atoms with van der Waals surface area (Å²) in [6.45, 7) is 7.23. The molecular formula is C21H19N5O4. The number of aryl methyl sites for hydroxylation is 3. The first-order chi connectivity index (χ1) is 14.2. The number of aromatic nitrogens is 2. The van der Waals surface area contributed by atoms with Crippen molar-refractivity contribution < 1.29 is 14.2 Å². The molecule has 0 aliphatic carbocycles. The molecule has 0 aliphatic heterocycles. The van der Waals surface area contributed by atoms with Crippen LogP contribution in [0.5, 0.6) is 0 Å². The van der Waals surface area contributed by atoms with Crippen LogP contribution in [0.1, 0.15) is 28.3 Å². The second kappa shape index (κ2) is 8.05. The lowest BCUT2D eigenvalue weighted by Gasteiger charge is -2.12. The summed E-state index contributed by atoms with van der Waals surface area (Å²) in [5, 5.41) is 26.8. The number of rotatable bonds is 5. The first-order valence-corrected chi connectivity index (χ1v) is 9.02. The smallest absolute Gasteiger partial charge is 0.271 e. The van der Waals surface area contributed by atoms with Crippen molar-refractivity contribution in [2.24, 2.45) is 0 Å². The lowest BCUT2D eigenvalue weighted by Crippen LogP contribution is -2.13. The van der Waals surface area contributed by atoms with E-state index in [4.69, 9.17) is 4.52 Å². The Labute approximate surface area is 172 Å². The summed E-state index contributed by atoms with van der Waals surface area (Å²) in [6, 6.07) is 9.92. The number of nitrogens with one attached hydrogen (secondary N) is 1. The zero-order valence-corrected chi connectivity index (χ0v) is 16.9. The van der Waals surface area contributed by atoms with Crippen molar-refractivity contribution in [3.63, 3.8) is 0 Å². The van der Waals surface area contributed by atoms with Crippen LogP contribution in [0.4, 0.5) is 11.5 Å². The molecule has 1 N–H and O–H groups in total. The molecule has 1 aromatic carbocycles. The number of carbonyl (C=O) groups excluding carboxylic acids is 1. The number of nitro benzene ring substituents is 1. The summed E-state index contributed by atoms with van der Waals surface area (Å²) < 4.78 is 6.77. The van der Waals surface area contributed by atoms with E-state index >= 15 is 0 Å². The molecule has 9 nitrogen and oxygen atoms in total. The van der Waals surface area contributed by atoms with E-state index in [0.29, 0.717) is 17.0 Å². The van der Waals surface area contributed by atoms with E-state index in [1.807, 2.05) is 37.5 Å². The van der Waals surface area contributed by atoms with Crippen molar-refractivity contribution in [2.75, 3.05) is 5.32 Å². The van der Waals surface area contributed by atoms with Crippen LogP contribution in [0.3, 0.4) is 0 Å². The van der Waals surface area contributed by atoms with Gasteiger partial charge in [-0.05, 0) is 51.0 Å². The number of anilines is 1. The van der Waals surface area contributed by atoms with Crippen LogP contribution in [0, 0.1) is 49.1 Å². The third-order valence-corrected chi connectivity index (χ3v) is 4.65. The Balaban J connectivity index is 2.00. The molecule has 0 saturated carbocycles. The van der Waals surface area contributed by atoms with Crippen molar-refractivity contribution in [3.8, 4) is 11.8 Å². The van der Waals surface area contributed by atoms with Crippen LogP contribution < -0.4 is 5.32 Å². The number of hydrogen-bond acceptors (Lipinski definition) is 6. The van der Waals surface area contributed by atoms with Gasteiger partial charge in [0.2, 0.25) is 0 Å². The maximum Gasteiger partial charge on any atom is 0.271 e. The maximum absolute atomic E-state index is 12.4. The number of non-ortho nitro benzene ring substituents is 1. The van der Waals surface area contributed by atoms with Crippen LogP contribution >= 0.6 is 0 Å². The van der Waals surface area contributed by atoms with Crippen LogP contribution in [-0.4, -0.2) is 20.6 Å². The topological polar surface area (TPSA) is 127 Å². The number of hydrogen-bond donors (Lipinski definition) is 1. The van der Waals surface area contributed by atoms with Crippen LogP contribution in [0.2, 0.25) is 0 Å². The van der Waals surface area contributed by atoms with E-state index in [-0.39, 0.29) is 17.1 Å². The number of nitriles is 1. The highest BCUT2D eigenvalue weighted by atomic mass is 16.6. The summed E-state index contributed by atoms with van der Waals surface area (Å²) in [7, 11) is 0. The second-order valence-electron chi connectivity index (χ2n) is 6.84. The number of benzene rings is 1. The fourth-order valence-electron chi connectivity index (χ4n) is 3.17. The fraction of sp³-hybridized carbons (Fsp3) is 0.190. The summed E-state index contributed by atoms with van der Waals surface area (Å²) in [6.07, 6.45) is 1.48. The van der Waals surface area contributed by atoms with Gasteiger partial charge in [0, 0.05) is 29.6 Å². The fourth-order valence-corrected chi connectivity index (χ4v) is 3.17. The average Bonchev–Trinajstić information content (AvgIpc) is 3.22. The van der Waals surface area contributed by atoms with E-state index < -0.39 is 10.8 Å². The van der Waals surface area contributed by atoms with E-state index in [2.05, 4.69) is 10.5 Å². The zero-order valence-electron chi connectivity index (χ0n) is 16.9. The molecule has 3 rings (SSSR count). The standard InChI is InChI=1S/C21H19N5O4/c1-12-5-6-18(26(28)29)10-19(12)25-13(2)7-16(15(25)4)9-17(11-22)21(27)23-20-8-14(3)30-24-20/h5-10H,1-4H3,(H,23,24,27)/b17-9-. The van der Waals surface area contributed by atoms with E-state index in [9.17, 15) is 20.2 Å². The number of amides is 1. The van der Waals surface area contributed by atoms with Gasteiger partial charge in [0.1, 0.15) is 17.4 Å². The lowest BCUT2D eigenvalue weighted by molar-refractivity contribution is -0.384. The van der Waals surface area contributed by atoms with Gasteiger partial charge in [0.15, 0.2) is 5.82 Å². The maximum atomic E-state index is 12.4. The normalized spacial score (nSPS) is 11.2. The Morgan fingerprint density at radius 1 is 1.27 bits per heavy atom. The Bertz CT molecular complexity index is 1230. The van der Waals surface area contributed by atoms with Gasteiger partial charge >= 0.3 is 0 Å². The first kappa shape index (κ1) is 20.5. The SMILES string of the molecule is Cc1cc(NC(=O)/C(C#N)=C\c2cc(C)n(-c3cc([N+](=O)[O-])ccc3C)c2C)no1. The highest BCUT2D eigenvalue weighted by Crippen LogP contribution is 2.27. The molecule has 3 aromatic rings. The van der Waals surface area contributed by atoms with E-state index in [1.54, 1.807) is 19.1 Å². The molecule has 0 bridgehead atoms. The summed E-state index contributed by atoms with van der Waals surface area (Å²) >= 11 is 0. The predicted molar refractivity (Wildman–Crippen MR) is 110 cm³/mol. The summed E-state index contributed by atoms with van der Waals surface area (Å²) in [5.41, 5.74) is 3.62. The quantitative estimate of drug-likeness (QED) is 0.294. The van der Waals surface area contributed by atoms with Crippen molar-refractivity contribution in [1.29, 1.82) is 5.26 Å². The van der Waals surface area contributed by atoms with Crippen molar-refractivity contribution in [2.45, 2.75) is 27.7 Å². The Morgan fingerprint density at radius 3 is 2.60 bits per heavy atom. The van der Waals surface area contributed by atoms with Gasteiger partial charge in [-0.2, -0.15) is 5.26 Å². The van der Waals surface area contributed by atoms with Gasteiger partial charge in [-0.1, -0.05) is 11.2 Å². The number of nitrogens with zero attached hydrogens (tertiary/aromatic N) is 4. The summed E-state index contributed by atoms with van der Waals surface area (Å²) in [5.74, 6) is 0.141. The van der Waals surface area contributed by atoms with E-state index in [0.717, 1.165) is 17.0 Å². The van der Waals surface area contributed by atoms with Crippen molar-refractivity contribution >= 4 is 23.5 Å².